The van der Waals surface area contributed by atoms with E-state index in [1.807, 2.05) is 0 Å². The van der Waals surface area contributed by atoms with Gasteiger partial charge >= 0.3 is 0 Å². The van der Waals surface area contributed by atoms with Gasteiger partial charge in [0.25, 0.3) is 0 Å². The summed E-state index contributed by atoms with van der Waals surface area (Å²) in [6.45, 7) is 10.2. The molecule has 1 heterocycles. The van der Waals surface area contributed by atoms with Gasteiger partial charge in [0.15, 0.2) is 0 Å². The Bertz CT molecular complexity index is 159. The second-order valence-corrected chi connectivity index (χ2v) is 5.06. The first-order valence-electron chi connectivity index (χ1n) is 4.05. The minimum absolute atomic E-state index is 0.264. The molecule has 10 heavy (non-hydrogen) atoms. The maximum atomic E-state index is 5.56. The number of hydrogen-bond acceptors (Lipinski definition) is 1. The lowest BCUT2D eigenvalue weighted by atomic mass is 9.48. The van der Waals surface area contributed by atoms with Gasteiger partial charge in [-0.15, -0.1) is 0 Å². The van der Waals surface area contributed by atoms with Crippen molar-refractivity contribution in [1.82, 2.24) is 0 Å². The van der Waals surface area contributed by atoms with Crippen LogP contribution in [0.2, 0.25) is 0 Å². The van der Waals surface area contributed by atoms with Crippen LogP contribution < -0.4 is 0 Å². The Morgan fingerprint density at radius 3 is 1.50 bits per heavy atom. The second-order valence-electron chi connectivity index (χ2n) is 5.06. The van der Waals surface area contributed by atoms with E-state index < -0.39 is 0 Å². The summed E-state index contributed by atoms with van der Waals surface area (Å²) in [5.74, 6) is 0. The average molecular weight is 140 g/mol. The van der Waals surface area contributed by atoms with Crippen LogP contribution in [0.5, 0.6) is 0 Å². The molecule has 0 aromatic heterocycles. The van der Waals surface area contributed by atoms with Crippen LogP contribution in [0, 0.1) is 10.8 Å². The van der Waals surface area contributed by atoms with Crippen LogP contribution >= 0.6 is 0 Å². The van der Waals surface area contributed by atoms with Crippen molar-refractivity contribution in [3.63, 3.8) is 0 Å². The van der Waals surface area contributed by atoms with Crippen LogP contribution in [-0.4, -0.2) is 12.2 Å². The molecule has 0 N–H and O–H groups in total. The Morgan fingerprint density at radius 1 is 1.00 bits per heavy atom. The van der Waals surface area contributed by atoms with E-state index in [1.165, 1.54) is 6.42 Å². The van der Waals surface area contributed by atoms with Crippen molar-refractivity contribution >= 4 is 0 Å². The number of ether oxygens (including phenoxy) is 1. The van der Waals surface area contributed by atoms with Crippen molar-refractivity contribution in [3.8, 4) is 0 Å². The van der Waals surface area contributed by atoms with Gasteiger partial charge in [0.2, 0.25) is 0 Å². The molecule has 0 aromatic carbocycles. The molecule has 2 fully saturated rings. The Labute approximate surface area is 62.8 Å². The molecule has 0 atom stereocenters. The van der Waals surface area contributed by atoms with E-state index in [-0.39, 0.29) is 5.60 Å². The Hall–Kier alpha value is -0.0400. The molecular weight excluding hydrogens is 124 g/mol. The van der Waals surface area contributed by atoms with Crippen LogP contribution in [0.4, 0.5) is 0 Å². The maximum absolute atomic E-state index is 5.56. The zero-order valence-electron chi connectivity index (χ0n) is 7.32. The first-order valence-corrected chi connectivity index (χ1v) is 4.05. The zero-order valence-corrected chi connectivity index (χ0v) is 7.32. The Balaban J connectivity index is 2.27. The molecule has 1 spiro atoms. The minimum atomic E-state index is 0.264. The van der Waals surface area contributed by atoms with Crippen molar-refractivity contribution in [1.29, 1.82) is 0 Å². The average Bonchev–Trinajstić information content (AvgIpc) is 2.34. The lowest BCUT2D eigenvalue weighted by Gasteiger charge is -2.56. The highest BCUT2D eigenvalue weighted by Gasteiger charge is 2.73. The Kier molecular flexibility index (Phi) is 0.860. The molecule has 58 valence electrons. The summed E-state index contributed by atoms with van der Waals surface area (Å²) in [6.07, 6.45) is 1.31. The van der Waals surface area contributed by atoms with Gasteiger partial charge in [-0.25, -0.2) is 0 Å². The third-order valence-corrected chi connectivity index (χ3v) is 3.50. The van der Waals surface area contributed by atoms with E-state index in [1.54, 1.807) is 0 Å². The fourth-order valence-electron chi connectivity index (χ4n) is 3.05. The smallest absolute Gasteiger partial charge is 0.102 e. The summed E-state index contributed by atoms with van der Waals surface area (Å²) in [7, 11) is 0. The highest BCUT2D eigenvalue weighted by Crippen LogP contribution is 2.69. The minimum Gasteiger partial charge on any atom is -0.368 e. The molecule has 1 aliphatic heterocycles. The largest absolute Gasteiger partial charge is 0.368 e. The lowest BCUT2D eigenvalue weighted by Crippen LogP contribution is -2.58. The van der Waals surface area contributed by atoms with Gasteiger partial charge in [0, 0.05) is 0 Å². The normalized spacial score (nSPS) is 37.2. The van der Waals surface area contributed by atoms with Crippen LogP contribution in [0.3, 0.4) is 0 Å². The molecule has 2 aliphatic rings. The third kappa shape index (κ3) is 0.460. The summed E-state index contributed by atoms with van der Waals surface area (Å²) in [5, 5.41) is 0. The van der Waals surface area contributed by atoms with Gasteiger partial charge in [0.1, 0.15) is 5.60 Å². The summed E-state index contributed by atoms with van der Waals surface area (Å²) in [4.78, 5) is 0. The number of epoxide rings is 1. The highest BCUT2D eigenvalue weighted by molar-refractivity contribution is 5.21. The van der Waals surface area contributed by atoms with Gasteiger partial charge in [-0.1, -0.05) is 27.7 Å². The number of hydrogen-bond donors (Lipinski definition) is 0. The fraction of sp³-hybridized carbons (Fsp3) is 1.00. The molecule has 1 saturated carbocycles. The van der Waals surface area contributed by atoms with Gasteiger partial charge in [-0.2, -0.15) is 0 Å². The molecule has 1 saturated heterocycles. The molecule has 0 bridgehead atoms. The molecule has 0 unspecified atom stereocenters. The summed E-state index contributed by atoms with van der Waals surface area (Å²) in [5.41, 5.74) is 1.15. The molecule has 1 nitrogen and oxygen atoms in total. The van der Waals surface area contributed by atoms with Gasteiger partial charge in [-0.3, -0.25) is 0 Å². The summed E-state index contributed by atoms with van der Waals surface area (Å²) >= 11 is 0. The van der Waals surface area contributed by atoms with Crippen LogP contribution in [0.1, 0.15) is 34.1 Å². The quantitative estimate of drug-likeness (QED) is 0.470. The summed E-state index contributed by atoms with van der Waals surface area (Å²) < 4.78 is 5.56. The molecular formula is C9H16O. The molecule has 1 aliphatic carbocycles. The first-order chi connectivity index (χ1) is 4.41. The standard InChI is InChI=1S/C9H16O/c1-7(2)5-8(3,4)9(7)6-10-9/h5-6H2,1-4H3. The second kappa shape index (κ2) is 1.29. The molecule has 0 aromatic rings. The molecule has 1 heteroatoms. The van der Waals surface area contributed by atoms with Gasteiger partial charge in [-0.05, 0) is 17.3 Å². The van der Waals surface area contributed by atoms with E-state index >= 15 is 0 Å². The first kappa shape index (κ1) is 6.66. The predicted molar refractivity (Wildman–Crippen MR) is 40.9 cm³/mol. The van der Waals surface area contributed by atoms with E-state index in [4.69, 9.17) is 4.74 Å². The monoisotopic (exact) mass is 140 g/mol. The van der Waals surface area contributed by atoms with Gasteiger partial charge in [0.05, 0.1) is 6.61 Å². The van der Waals surface area contributed by atoms with Crippen molar-refractivity contribution in [2.45, 2.75) is 39.7 Å². The molecule has 2 rings (SSSR count). The van der Waals surface area contributed by atoms with Crippen molar-refractivity contribution < 1.29 is 4.74 Å². The lowest BCUT2D eigenvalue weighted by molar-refractivity contribution is -0.105. The fourth-order valence-corrected chi connectivity index (χ4v) is 3.05. The summed E-state index contributed by atoms with van der Waals surface area (Å²) in [6, 6.07) is 0. The predicted octanol–water partition coefficient (Wildman–Crippen LogP) is 2.21. The van der Waals surface area contributed by atoms with E-state index in [0.29, 0.717) is 10.8 Å². The van der Waals surface area contributed by atoms with Crippen molar-refractivity contribution in [2.24, 2.45) is 10.8 Å². The topological polar surface area (TPSA) is 12.5 Å². The van der Waals surface area contributed by atoms with Crippen LogP contribution in [0.15, 0.2) is 0 Å². The van der Waals surface area contributed by atoms with E-state index in [2.05, 4.69) is 27.7 Å². The number of rotatable bonds is 0. The SMILES string of the molecule is CC1(C)CC(C)(C)C12CO2. The highest BCUT2D eigenvalue weighted by atomic mass is 16.6. The van der Waals surface area contributed by atoms with Crippen molar-refractivity contribution in [3.05, 3.63) is 0 Å². The van der Waals surface area contributed by atoms with Crippen LogP contribution in [-0.2, 0) is 4.74 Å². The third-order valence-electron chi connectivity index (χ3n) is 3.50. The van der Waals surface area contributed by atoms with E-state index in [9.17, 15) is 0 Å². The molecule has 0 radical (unpaired) electrons. The Morgan fingerprint density at radius 2 is 1.40 bits per heavy atom. The van der Waals surface area contributed by atoms with Gasteiger partial charge < -0.3 is 4.74 Å². The molecule has 0 amide bonds. The maximum Gasteiger partial charge on any atom is 0.102 e. The van der Waals surface area contributed by atoms with Crippen LogP contribution in [0.25, 0.3) is 0 Å². The van der Waals surface area contributed by atoms with Crippen molar-refractivity contribution in [2.75, 3.05) is 6.61 Å². The van der Waals surface area contributed by atoms with E-state index in [0.717, 1.165) is 6.61 Å². The zero-order chi connectivity index (χ0) is 7.62.